The van der Waals surface area contributed by atoms with E-state index in [0.29, 0.717) is 23.5 Å². The highest BCUT2D eigenvalue weighted by atomic mass is 16.2. The number of urea groups is 1. The second-order valence-corrected chi connectivity index (χ2v) is 7.20. The summed E-state index contributed by atoms with van der Waals surface area (Å²) in [6.45, 7) is 1.24. The van der Waals surface area contributed by atoms with Gasteiger partial charge >= 0.3 is 6.03 Å². The number of nitrogens with zero attached hydrogens (tertiary/aromatic N) is 3. The molecule has 8 nitrogen and oxygen atoms in total. The van der Waals surface area contributed by atoms with Gasteiger partial charge in [0, 0.05) is 29.9 Å². The first-order valence-electron chi connectivity index (χ1n) is 10.1. The summed E-state index contributed by atoms with van der Waals surface area (Å²) in [6, 6.07) is 15.6. The van der Waals surface area contributed by atoms with Crippen molar-refractivity contribution in [2.75, 3.05) is 10.6 Å². The van der Waals surface area contributed by atoms with Gasteiger partial charge in [-0.2, -0.15) is 0 Å². The third-order valence-electron chi connectivity index (χ3n) is 5.03. The Balaban J connectivity index is 1.31. The highest BCUT2D eigenvalue weighted by Crippen LogP contribution is 2.15. The summed E-state index contributed by atoms with van der Waals surface area (Å²) in [4.78, 5) is 24.5. The number of nitrogens with one attached hydrogen (secondary N) is 3. The van der Waals surface area contributed by atoms with Gasteiger partial charge < -0.3 is 20.5 Å². The maximum Gasteiger partial charge on any atom is 0.323 e. The maximum absolute atomic E-state index is 12.5. The fourth-order valence-corrected chi connectivity index (χ4v) is 3.46. The molecule has 8 heteroatoms. The molecule has 3 aromatic rings. The summed E-state index contributed by atoms with van der Waals surface area (Å²) in [5.74, 6) is 1.60. The van der Waals surface area contributed by atoms with Gasteiger partial charge in [0.25, 0.3) is 5.91 Å². The summed E-state index contributed by atoms with van der Waals surface area (Å²) in [5.41, 5.74) is 1.82. The molecule has 0 atom stereocenters. The van der Waals surface area contributed by atoms with E-state index >= 15 is 0 Å². The Bertz CT molecular complexity index is 1010. The fraction of sp³-hybridized carbons (Fsp3) is 0.273. The number of aromatic nitrogens is 3. The van der Waals surface area contributed by atoms with Crippen LogP contribution in [0.15, 0.2) is 54.6 Å². The van der Waals surface area contributed by atoms with Crippen molar-refractivity contribution in [3.05, 3.63) is 71.8 Å². The molecule has 0 bridgehead atoms. The van der Waals surface area contributed by atoms with Crippen LogP contribution in [-0.4, -0.2) is 26.7 Å². The minimum absolute atomic E-state index is 0.193. The van der Waals surface area contributed by atoms with E-state index in [1.165, 1.54) is 6.42 Å². The van der Waals surface area contributed by atoms with E-state index in [4.69, 9.17) is 0 Å². The van der Waals surface area contributed by atoms with E-state index in [1.807, 2.05) is 18.2 Å². The summed E-state index contributed by atoms with van der Waals surface area (Å²) in [7, 11) is 0. The van der Waals surface area contributed by atoms with Crippen molar-refractivity contribution in [3.8, 4) is 0 Å². The van der Waals surface area contributed by atoms with Crippen molar-refractivity contribution in [2.45, 2.75) is 38.8 Å². The third kappa shape index (κ3) is 4.83. The first kappa shape index (κ1) is 19.6. The molecule has 3 amide bonds. The number of anilines is 2. The second kappa shape index (κ2) is 9.21. The zero-order valence-corrected chi connectivity index (χ0v) is 16.6. The Labute approximate surface area is 174 Å². The lowest BCUT2D eigenvalue weighted by molar-refractivity contribution is 0.0949. The molecule has 0 radical (unpaired) electrons. The molecule has 2 aromatic carbocycles. The Kier molecular flexibility index (Phi) is 6.03. The second-order valence-electron chi connectivity index (χ2n) is 7.20. The van der Waals surface area contributed by atoms with Crippen molar-refractivity contribution in [3.63, 3.8) is 0 Å². The Morgan fingerprint density at radius 3 is 2.37 bits per heavy atom. The number of carbonyl (C=O) groups is 2. The monoisotopic (exact) mass is 404 g/mol. The average Bonchev–Trinajstić information content (AvgIpc) is 2.99. The number of rotatable bonds is 5. The number of hydrogen-bond acceptors (Lipinski definition) is 4. The smallest absolute Gasteiger partial charge is 0.323 e. The topological polar surface area (TPSA) is 101 Å². The molecule has 154 valence electrons. The van der Waals surface area contributed by atoms with Crippen molar-refractivity contribution >= 4 is 23.3 Å². The molecule has 1 aliphatic heterocycles. The number of para-hydroxylation sites is 1. The molecule has 0 aliphatic carbocycles. The number of hydrogen-bond donors (Lipinski definition) is 3. The largest absolute Gasteiger partial charge is 0.345 e. The molecule has 0 saturated heterocycles. The minimum Gasteiger partial charge on any atom is -0.345 e. The number of aryl methyl sites for hydroxylation is 1. The van der Waals surface area contributed by atoms with Crippen LogP contribution in [0.4, 0.5) is 16.2 Å². The highest BCUT2D eigenvalue weighted by Gasteiger charge is 2.15. The van der Waals surface area contributed by atoms with Gasteiger partial charge in [0.2, 0.25) is 0 Å². The van der Waals surface area contributed by atoms with Gasteiger partial charge in [-0.15, -0.1) is 10.2 Å². The number of amides is 3. The predicted octanol–water partition coefficient (Wildman–Crippen LogP) is 3.58. The van der Waals surface area contributed by atoms with Crippen molar-refractivity contribution in [1.82, 2.24) is 20.1 Å². The van der Waals surface area contributed by atoms with Crippen molar-refractivity contribution in [1.29, 1.82) is 0 Å². The van der Waals surface area contributed by atoms with Gasteiger partial charge in [0.1, 0.15) is 5.82 Å². The Hall–Kier alpha value is -3.68. The zero-order chi connectivity index (χ0) is 20.8. The van der Waals surface area contributed by atoms with Crippen LogP contribution in [0.25, 0.3) is 0 Å². The molecule has 30 heavy (non-hydrogen) atoms. The lowest BCUT2D eigenvalue weighted by Crippen LogP contribution is -2.25. The lowest BCUT2D eigenvalue weighted by Gasteiger charge is -2.10. The standard InChI is InChI=1S/C22H24N6O2/c29-21(23-15-20-27-26-19-9-5-2-6-14-28(19)20)16-10-12-18(13-11-16)25-22(30)24-17-7-3-1-4-8-17/h1,3-4,7-8,10-13H,2,5-6,9,14-15H2,(H,23,29)(H2,24,25,30). The molecule has 0 fully saturated rings. The molecular weight excluding hydrogens is 380 g/mol. The van der Waals surface area contributed by atoms with Crippen LogP contribution in [0.3, 0.4) is 0 Å². The van der Waals surface area contributed by atoms with Crippen molar-refractivity contribution < 1.29 is 9.59 Å². The first-order chi connectivity index (χ1) is 14.7. The fourth-order valence-electron chi connectivity index (χ4n) is 3.46. The van der Waals surface area contributed by atoms with Gasteiger partial charge in [0.15, 0.2) is 5.82 Å². The maximum atomic E-state index is 12.5. The molecule has 1 aromatic heterocycles. The van der Waals surface area contributed by atoms with Gasteiger partial charge in [-0.25, -0.2) is 4.79 Å². The van der Waals surface area contributed by atoms with Gasteiger partial charge in [0.05, 0.1) is 6.54 Å². The van der Waals surface area contributed by atoms with E-state index in [0.717, 1.165) is 37.5 Å². The van der Waals surface area contributed by atoms with E-state index in [2.05, 4.69) is 30.7 Å². The van der Waals surface area contributed by atoms with Gasteiger partial charge in [-0.3, -0.25) is 4.79 Å². The summed E-state index contributed by atoms with van der Waals surface area (Å²) in [6.07, 6.45) is 4.37. The molecule has 1 aliphatic rings. The van der Waals surface area contributed by atoms with Gasteiger partial charge in [-0.1, -0.05) is 24.6 Å². The molecule has 4 rings (SSSR count). The number of fused-ring (bicyclic) bond motifs is 1. The molecular formula is C22H24N6O2. The van der Waals surface area contributed by atoms with Crippen molar-refractivity contribution in [2.24, 2.45) is 0 Å². The summed E-state index contributed by atoms with van der Waals surface area (Å²) >= 11 is 0. The minimum atomic E-state index is -0.342. The third-order valence-corrected chi connectivity index (χ3v) is 5.03. The Morgan fingerprint density at radius 1 is 0.867 bits per heavy atom. The van der Waals surface area contributed by atoms with E-state index in [9.17, 15) is 9.59 Å². The van der Waals surface area contributed by atoms with Crippen LogP contribution in [0.5, 0.6) is 0 Å². The molecule has 0 saturated carbocycles. The van der Waals surface area contributed by atoms with Gasteiger partial charge in [-0.05, 0) is 49.2 Å². The van der Waals surface area contributed by atoms with Crippen LogP contribution in [0.2, 0.25) is 0 Å². The van der Waals surface area contributed by atoms with Crippen LogP contribution in [0.1, 0.15) is 41.3 Å². The zero-order valence-electron chi connectivity index (χ0n) is 16.6. The summed E-state index contributed by atoms with van der Waals surface area (Å²) < 4.78 is 2.12. The number of carbonyl (C=O) groups excluding carboxylic acids is 2. The van der Waals surface area contributed by atoms with Crippen LogP contribution in [0, 0.1) is 0 Å². The predicted molar refractivity (Wildman–Crippen MR) is 114 cm³/mol. The number of benzene rings is 2. The average molecular weight is 404 g/mol. The highest BCUT2D eigenvalue weighted by molar-refractivity contribution is 6.00. The SMILES string of the molecule is O=C(Nc1ccccc1)Nc1ccc(C(=O)NCc2nnc3n2CCCCC3)cc1. The molecule has 0 spiro atoms. The summed E-state index contributed by atoms with van der Waals surface area (Å²) in [5, 5.41) is 16.9. The van der Waals surface area contributed by atoms with Crippen LogP contribution < -0.4 is 16.0 Å². The Morgan fingerprint density at radius 2 is 1.60 bits per heavy atom. The quantitative estimate of drug-likeness (QED) is 0.605. The lowest BCUT2D eigenvalue weighted by atomic mass is 10.2. The van der Waals surface area contributed by atoms with Crippen LogP contribution >= 0.6 is 0 Å². The van der Waals surface area contributed by atoms with E-state index < -0.39 is 0 Å². The van der Waals surface area contributed by atoms with Crippen LogP contribution in [-0.2, 0) is 19.5 Å². The van der Waals surface area contributed by atoms with E-state index in [1.54, 1.807) is 36.4 Å². The molecule has 2 heterocycles. The normalized spacial score (nSPS) is 13.1. The van der Waals surface area contributed by atoms with E-state index in [-0.39, 0.29) is 11.9 Å². The first-order valence-corrected chi connectivity index (χ1v) is 10.1. The molecule has 0 unspecified atom stereocenters. The molecule has 3 N–H and O–H groups in total.